The van der Waals surface area contributed by atoms with Gasteiger partial charge in [-0.2, -0.15) is 0 Å². The zero-order valence-corrected chi connectivity index (χ0v) is 14.4. The minimum Gasteiger partial charge on any atom is -0.317 e. The molecular weight excluding hydrogens is 284 g/mol. The molecule has 1 aromatic carbocycles. The van der Waals surface area contributed by atoms with Gasteiger partial charge in [0.2, 0.25) is 10.0 Å². The van der Waals surface area contributed by atoms with Crippen LogP contribution in [0.2, 0.25) is 0 Å². The standard InChI is InChI=1S/C16H28N2O2S/c1-5-17-12-6-7-14-8-10-15(11-9-14)21(19,20)18-13-16(2,3)4/h8-11,17-18H,5-7,12-13H2,1-4H3. The smallest absolute Gasteiger partial charge is 0.240 e. The Kier molecular flexibility index (Phi) is 6.84. The van der Waals surface area contributed by atoms with Crippen LogP contribution in [0.4, 0.5) is 0 Å². The average Bonchev–Trinajstić information content (AvgIpc) is 2.41. The normalized spacial score (nSPS) is 12.6. The number of hydrogen-bond acceptors (Lipinski definition) is 3. The predicted molar refractivity (Wildman–Crippen MR) is 88.0 cm³/mol. The van der Waals surface area contributed by atoms with Crippen molar-refractivity contribution < 1.29 is 8.42 Å². The fourth-order valence-electron chi connectivity index (χ4n) is 1.82. The molecule has 21 heavy (non-hydrogen) atoms. The molecule has 0 spiro atoms. The Bertz CT molecular complexity index is 516. The molecule has 0 radical (unpaired) electrons. The zero-order chi connectivity index (χ0) is 15.9. The van der Waals surface area contributed by atoms with Gasteiger partial charge in [0.1, 0.15) is 0 Å². The third-order valence-electron chi connectivity index (χ3n) is 3.10. The summed E-state index contributed by atoms with van der Waals surface area (Å²) in [6.07, 6.45) is 2.02. The largest absolute Gasteiger partial charge is 0.317 e. The van der Waals surface area contributed by atoms with Gasteiger partial charge in [-0.15, -0.1) is 0 Å². The molecule has 0 fully saturated rings. The van der Waals surface area contributed by atoms with E-state index < -0.39 is 10.0 Å². The minimum atomic E-state index is -3.40. The van der Waals surface area contributed by atoms with Gasteiger partial charge < -0.3 is 5.32 Å². The van der Waals surface area contributed by atoms with E-state index in [2.05, 4.69) is 17.0 Å². The molecule has 0 amide bonds. The average molecular weight is 312 g/mol. The molecule has 0 aromatic heterocycles. The summed E-state index contributed by atoms with van der Waals surface area (Å²) in [5.74, 6) is 0. The SMILES string of the molecule is CCNCCCc1ccc(S(=O)(=O)NCC(C)(C)C)cc1. The fraction of sp³-hybridized carbons (Fsp3) is 0.625. The van der Waals surface area contributed by atoms with Crippen molar-refractivity contribution in [1.82, 2.24) is 10.0 Å². The quantitative estimate of drug-likeness (QED) is 0.725. The van der Waals surface area contributed by atoms with Crippen molar-refractivity contribution in [2.24, 2.45) is 5.41 Å². The van der Waals surface area contributed by atoms with Crippen LogP contribution in [0, 0.1) is 5.41 Å². The lowest BCUT2D eigenvalue weighted by molar-refractivity contribution is 0.407. The monoisotopic (exact) mass is 312 g/mol. The topological polar surface area (TPSA) is 58.2 Å². The van der Waals surface area contributed by atoms with Crippen LogP contribution in [0.25, 0.3) is 0 Å². The van der Waals surface area contributed by atoms with E-state index in [1.54, 1.807) is 12.1 Å². The Morgan fingerprint density at radius 3 is 2.24 bits per heavy atom. The van der Waals surface area contributed by atoms with Gasteiger partial charge in [0.25, 0.3) is 0 Å². The Hall–Kier alpha value is -0.910. The maximum atomic E-state index is 12.2. The third kappa shape index (κ3) is 7.07. The van der Waals surface area contributed by atoms with E-state index in [1.807, 2.05) is 32.9 Å². The second-order valence-corrected chi connectivity index (χ2v) is 8.25. The van der Waals surface area contributed by atoms with Crippen LogP contribution in [0.1, 0.15) is 39.7 Å². The lowest BCUT2D eigenvalue weighted by atomic mass is 9.98. The van der Waals surface area contributed by atoms with E-state index in [0.29, 0.717) is 11.4 Å². The molecule has 0 aliphatic rings. The zero-order valence-electron chi connectivity index (χ0n) is 13.6. The highest BCUT2D eigenvalue weighted by Crippen LogP contribution is 2.15. The van der Waals surface area contributed by atoms with Gasteiger partial charge in [-0.3, -0.25) is 0 Å². The highest BCUT2D eigenvalue weighted by molar-refractivity contribution is 7.89. The van der Waals surface area contributed by atoms with Gasteiger partial charge in [0.15, 0.2) is 0 Å². The third-order valence-corrected chi connectivity index (χ3v) is 4.51. The van der Waals surface area contributed by atoms with E-state index >= 15 is 0 Å². The summed E-state index contributed by atoms with van der Waals surface area (Å²) in [7, 11) is -3.40. The molecule has 0 aliphatic heterocycles. The summed E-state index contributed by atoms with van der Waals surface area (Å²) in [6, 6.07) is 7.18. The summed E-state index contributed by atoms with van der Waals surface area (Å²) >= 11 is 0. The summed E-state index contributed by atoms with van der Waals surface area (Å²) in [6.45, 7) is 10.5. The van der Waals surface area contributed by atoms with Crippen LogP contribution >= 0.6 is 0 Å². The lowest BCUT2D eigenvalue weighted by Crippen LogP contribution is -2.32. The molecule has 0 atom stereocenters. The van der Waals surface area contributed by atoms with Crippen LogP contribution in [0.3, 0.4) is 0 Å². The molecular formula is C16H28N2O2S. The Morgan fingerprint density at radius 1 is 1.10 bits per heavy atom. The van der Waals surface area contributed by atoms with E-state index in [4.69, 9.17) is 0 Å². The van der Waals surface area contributed by atoms with E-state index in [1.165, 1.54) is 5.56 Å². The molecule has 4 nitrogen and oxygen atoms in total. The summed E-state index contributed by atoms with van der Waals surface area (Å²) in [5, 5.41) is 3.28. The highest BCUT2D eigenvalue weighted by atomic mass is 32.2. The Labute approximate surface area is 129 Å². The number of nitrogens with one attached hydrogen (secondary N) is 2. The molecule has 120 valence electrons. The van der Waals surface area contributed by atoms with Crippen molar-refractivity contribution in [2.45, 2.75) is 45.4 Å². The molecule has 1 rings (SSSR count). The van der Waals surface area contributed by atoms with Gasteiger partial charge >= 0.3 is 0 Å². The molecule has 2 N–H and O–H groups in total. The first-order valence-corrected chi connectivity index (χ1v) is 9.02. The summed E-state index contributed by atoms with van der Waals surface area (Å²) in [5.41, 5.74) is 1.10. The van der Waals surface area contributed by atoms with Crippen molar-refractivity contribution in [2.75, 3.05) is 19.6 Å². The van der Waals surface area contributed by atoms with Crippen molar-refractivity contribution >= 4 is 10.0 Å². The molecule has 0 saturated carbocycles. The van der Waals surface area contributed by atoms with Crippen molar-refractivity contribution in [3.05, 3.63) is 29.8 Å². The lowest BCUT2D eigenvalue weighted by Gasteiger charge is -2.18. The molecule has 5 heteroatoms. The Balaban J connectivity index is 2.60. The van der Waals surface area contributed by atoms with E-state index in [-0.39, 0.29) is 5.41 Å². The maximum Gasteiger partial charge on any atom is 0.240 e. The number of sulfonamides is 1. The van der Waals surface area contributed by atoms with Crippen molar-refractivity contribution in [3.8, 4) is 0 Å². The van der Waals surface area contributed by atoms with Crippen LogP contribution in [-0.4, -0.2) is 28.1 Å². The molecule has 0 aliphatic carbocycles. The number of rotatable bonds is 8. The van der Waals surface area contributed by atoms with Crippen LogP contribution in [0.15, 0.2) is 29.2 Å². The van der Waals surface area contributed by atoms with Crippen molar-refractivity contribution in [3.63, 3.8) is 0 Å². The van der Waals surface area contributed by atoms with Crippen LogP contribution < -0.4 is 10.0 Å². The van der Waals surface area contributed by atoms with Crippen LogP contribution in [-0.2, 0) is 16.4 Å². The van der Waals surface area contributed by atoms with Gasteiger partial charge in [-0.25, -0.2) is 13.1 Å². The maximum absolute atomic E-state index is 12.2. The van der Waals surface area contributed by atoms with Crippen LogP contribution in [0.5, 0.6) is 0 Å². The minimum absolute atomic E-state index is 0.0702. The second kappa shape index (κ2) is 7.92. The molecule has 0 bridgehead atoms. The first kappa shape index (κ1) is 18.1. The van der Waals surface area contributed by atoms with Gasteiger partial charge in [-0.05, 0) is 49.0 Å². The van der Waals surface area contributed by atoms with Gasteiger partial charge in [0.05, 0.1) is 4.90 Å². The molecule has 1 aromatic rings. The molecule has 0 heterocycles. The first-order valence-electron chi connectivity index (χ1n) is 7.54. The van der Waals surface area contributed by atoms with E-state index in [9.17, 15) is 8.42 Å². The summed E-state index contributed by atoms with van der Waals surface area (Å²) < 4.78 is 27.0. The van der Waals surface area contributed by atoms with Gasteiger partial charge in [0, 0.05) is 6.54 Å². The first-order chi connectivity index (χ1) is 9.74. The Morgan fingerprint density at radius 2 is 1.71 bits per heavy atom. The van der Waals surface area contributed by atoms with Gasteiger partial charge in [-0.1, -0.05) is 39.8 Å². The molecule has 0 unspecified atom stereocenters. The molecule has 0 saturated heterocycles. The van der Waals surface area contributed by atoms with E-state index in [0.717, 1.165) is 25.9 Å². The number of benzene rings is 1. The predicted octanol–water partition coefficient (Wildman–Crippen LogP) is 2.55. The number of aryl methyl sites for hydroxylation is 1. The fourth-order valence-corrected chi connectivity index (χ4v) is 3.11. The second-order valence-electron chi connectivity index (χ2n) is 6.49. The summed E-state index contributed by atoms with van der Waals surface area (Å²) in [4.78, 5) is 0.335. The highest BCUT2D eigenvalue weighted by Gasteiger charge is 2.18. The number of hydrogen-bond donors (Lipinski definition) is 2. The van der Waals surface area contributed by atoms with Crippen molar-refractivity contribution in [1.29, 1.82) is 0 Å².